The first-order chi connectivity index (χ1) is 12.0. The normalized spacial score (nSPS) is 15.8. The van der Waals surface area contributed by atoms with Gasteiger partial charge in [-0.25, -0.2) is 0 Å². The topological polar surface area (TPSA) is 38.8 Å². The lowest BCUT2D eigenvalue weighted by Gasteiger charge is -2.15. The molecule has 1 aliphatic rings. The summed E-state index contributed by atoms with van der Waals surface area (Å²) in [4.78, 5) is 14.8. The lowest BCUT2D eigenvalue weighted by atomic mass is 10.2. The van der Waals surface area contributed by atoms with E-state index in [-0.39, 0.29) is 5.91 Å². The summed E-state index contributed by atoms with van der Waals surface area (Å²) in [6.07, 6.45) is 1.80. The van der Waals surface area contributed by atoms with Crippen LogP contribution in [0.5, 0.6) is 11.5 Å². The second-order valence-corrected chi connectivity index (χ2v) is 7.20. The molecule has 1 aliphatic heterocycles. The van der Waals surface area contributed by atoms with Crippen LogP contribution in [0.15, 0.2) is 47.4 Å². The number of methoxy groups -OCH3 is 2. The van der Waals surface area contributed by atoms with E-state index in [1.165, 1.54) is 23.8 Å². The standard InChI is InChI=1S/C18H14ClNO3S2/c1-22-13-5-3-4-11(8-13)9-16-17(21)20(18(24)25-16)12-6-7-15(23-2)14(19)10-12/h3-10H,1-2H3/b16-9+. The van der Waals surface area contributed by atoms with E-state index in [1.807, 2.05) is 24.3 Å². The van der Waals surface area contributed by atoms with Crippen LogP contribution in [0.25, 0.3) is 6.08 Å². The number of rotatable bonds is 4. The Kier molecular flexibility index (Phi) is 5.32. The zero-order valence-electron chi connectivity index (χ0n) is 13.5. The van der Waals surface area contributed by atoms with E-state index in [4.69, 9.17) is 33.3 Å². The van der Waals surface area contributed by atoms with Gasteiger partial charge in [-0.2, -0.15) is 0 Å². The van der Waals surface area contributed by atoms with Crippen molar-refractivity contribution < 1.29 is 14.3 Å². The van der Waals surface area contributed by atoms with Crippen molar-refractivity contribution in [2.24, 2.45) is 0 Å². The van der Waals surface area contributed by atoms with Crippen LogP contribution in [-0.2, 0) is 4.79 Å². The van der Waals surface area contributed by atoms with Gasteiger partial charge in [-0.1, -0.05) is 47.7 Å². The molecule has 0 aliphatic carbocycles. The number of halogens is 1. The monoisotopic (exact) mass is 391 g/mol. The fourth-order valence-corrected chi connectivity index (χ4v) is 3.92. The highest BCUT2D eigenvalue weighted by atomic mass is 35.5. The minimum Gasteiger partial charge on any atom is -0.497 e. The Morgan fingerprint density at radius 2 is 1.96 bits per heavy atom. The van der Waals surface area contributed by atoms with Crippen molar-refractivity contribution in [3.63, 3.8) is 0 Å². The maximum Gasteiger partial charge on any atom is 0.270 e. The number of anilines is 1. The third-order valence-corrected chi connectivity index (χ3v) is 5.18. The molecule has 0 saturated carbocycles. The number of nitrogens with zero attached hydrogens (tertiary/aromatic N) is 1. The fourth-order valence-electron chi connectivity index (χ4n) is 2.37. The summed E-state index contributed by atoms with van der Waals surface area (Å²) in [5.41, 5.74) is 1.48. The Morgan fingerprint density at radius 3 is 2.64 bits per heavy atom. The van der Waals surface area contributed by atoms with Crippen LogP contribution < -0.4 is 14.4 Å². The molecule has 4 nitrogen and oxygen atoms in total. The molecule has 3 rings (SSSR count). The summed E-state index contributed by atoms with van der Waals surface area (Å²) in [5, 5.41) is 0.422. The Balaban J connectivity index is 1.92. The van der Waals surface area contributed by atoms with Crippen LogP contribution in [0, 0.1) is 0 Å². The number of ether oxygens (including phenoxy) is 2. The number of hydrogen-bond donors (Lipinski definition) is 0. The van der Waals surface area contributed by atoms with Gasteiger partial charge in [-0.15, -0.1) is 0 Å². The van der Waals surface area contributed by atoms with Crippen molar-refractivity contribution in [3.05, 3.63) is 58.0 Å². The molecule has 7 heteroatoms. The number of thioether (sulfide) groups is 1. The summed E-state index contributed by atoms with van der Waals surface area (Å²) in [6, 6.07) is 12.6. The molecule has 1 saturated heterocycles. The van der Waals surface area contributed by atoms with Gasteiger partial charge >= 0.3 is 0 Å². The molecular weight excluding hydrogens is 378 g/mol. The second kappa shape index (κ2) is 7.47. The molecule has 0 radical (unpaired) electrons. The maximum atomic E-state index is 12.8. The molecule has 1 heterocycles. The number of carbonyl (C=O) groups is 1. The average molecular weight is 392 g/mol. The highest BCUT2D eigenvalue weighted by Gasteiger charge is 2.33. The van der Waals surface area contributed by atoms with Gasteiger partial charge in [0.05, 0.1) is 29.8 Å². The minimum absolute atomic E-state index is 0.181. The maximum absolute atomic E-state index is 12.8. The smallest absolute Gasteiger partial charge is 0.270 e. The van der Waals surface area contributed by atoms with Crippen LogP contribution >= 0.6 is 35.6 Å². The fraction of sp³-hybridized carbons (Fsp3) is 0.111. The zero-order valence-corrected chi connectivity index (χ0v) is 15.9. The van der Waals surface area contributed by atoms with E-state index in [2.05, 4.69) is 0 Å². The third-order valence-electron chi connectivity index (χ3n) is 3.58. The van der Waals surface area contributed by atoms with Gasteiger partial charge < -0.3 is 9.47 Å². The molecule has 0 unspecified atom stereocenters. The first kappa shape index (κ1) is 17.8. The lowest BCUT2D eigenvalue weighted by Crippen LogP contribution is -2.27. The van der Waals surface area contributed by atoms with Crippen LogP contribution in [0.2, 0.25) is 5.02 Å². The highest BCUT2D eigenvalue weighted by Crippen LogP contribution is 2.38. The van der Waals surface area contributed by atoms with Gasteiger partial charge in [0.15, 0.2) is 4.32 Å². The van der Waals surface area contributed by atoms with Crippen molar-refractivity contribution in [1.29, 1.82) is 0 Å². The first-order valence-corrected chi connectivity index (χ1v) is 8.89. The first-order valence-electron chi connectivity index (χ1n) is 7.29. The zero-order chi connectivity index (χ0) is 18.0. The number of amides is 1. The predicted octanol–water partition coefficient (Wildman–Crippen LogP) is 4.76. The van der Waals surface area contributed by atoms with Gasteiger partial charge in [0, 0.05) is 0 Å². The molecule has 1 fully saturated rings. The van der Waals surface area contributed by atoms with Crippen molar-refractivity contribution >= 4 is 57.6 Å². The van der Waals surface area contributed by atoms with E-state index in [9.17, 15) is 4.79 Å². The summed E-state index contributed by atoms with van der Waals surface area (Å²) >= 11 is 12.8. The average Bonchev–Trinajstić information content (AvgIpc) is 2.88. The van der Waals surface area contributed by atoms with Gasteiger partial charge in [-0.05, 0) is 42.0 Å². The Bertz CT molecular complexity index is 882. The number of thiocarbonyl (C=S) groups is 1. The summed E-state index contributed by atoms with van der Waals surface area (Å²) in [5.74, 6) is 1.09. The van der Waals surface area contributed by atoms with Crippen LogP contribution in [0.4, 0.5) is 5.69 Å². The number of carbonyl (C=O) groups excluding carboxylic acids is 1. The molecular formula is C18H14ClNO3S2. The number of hydrogen-bond acceptors (Lipinski definition) is 5. The molecule has 0 bridgehead atoms. The summed E-state index contributed by atoms with van der Waals surface area (Å²) < 4.78 is 10.8. The SMILES string of the molecule is COc1cccc(/C=C2/SC(=S)N(c3ccc(OC)c(Cl)c3)C2=O)c1. The molecule has 0 spiro atoms. The van der Waals surface area contributed by atoms with E-state index in [0.717, 1.165) is 11.3 Å². The van der Waals surface area contributed by atoms with Crippen molar-refractivity contribution in [1.82, 2.24) is 0 Å². The Labute approximate surface area is 160 Å². The van der Waals surface area contributed by atoms with Crippen LogP contribution in [-0.4, -0.2) is 24.4 Å². The molecule has 0 atom stereocenters. The van der Waals surface area contributed by atoms with E-state index >= 15 is 0 Å². The number of benzene rings is 2. The van der Waals surface area contributed by atoms with Crippen molar-refractivity contribution in [2.75, 3.05) is 19.1 Å². The Hall–Kier alpha value is -2.02. The molecule has 1 amide bonds. The van der Waals surface area contributed by atoms with Gasteiger partial charge in [0.1, 0.15) is 11.5 Å². The summed E-state index contributed by atoms with van der Waals surface area (Å²) in [6.45, 7) is 0. The van der Waals surface area contributed by atoms with Crippen LogP contribution in [0.3, 0.4) is 0 Å². The van der Waals surface area contributed by atoms with Crippen molar-refractivity contribution in [2.45, 2.75) is 0 Å². The second-order valence-electron chi connectivity index (χ2n) is 5.11. The third kappa shape index (κ3) is 3.66. The van der Waals surface area contributed by atoms with E-state index < -0.39 is 0 Å². The Morgan fingerprint density at radius 1 is 1.16 bits per heavy atom. The highest BCUT2D eigenvalue weighted by molar-refractivity contribution is 8.27. The molecule has 2 aromatic rings. The van der Waals surface area contributed by atoms with Crippen LogP contribution in [0.1, 0.15) is 5.56 Å². The van der Waals surface area contributed by atoms with Gasteiger partial charge in [0.2, 0.25) is 0 Å². The predicted molar refractivity (Wildman–Crippen MR) is 107 cm³/mol. The van der Waals surface area contributed by atoms with Gasteiger partial charge in [-0.3, -0.25) is 9.69 Å². The lowest BCUT2D eigenvalue weighted by molar-refractivity contribution is -0.113. The minimum atomic E-state index is -0.181. The van der Waals surface area contributed by atoms with Gasteiger partial charge in [0.25, 0.3) is 5.91 Å². The molecule has 0 aromatic heterocycles. The molecule has 128 valence electrons. The quantitative estimate of drug-likeness (QED) is 0.554. The largest absolute Gasteiger partial charge is 0.497 e. The van der Waals surface area contributed by atoms with E-state index in [0.29, 0.717) is 25.7 Å². The summed E-state index contributed by atoms with van der Waals surface area (Å²) in [7, 11) is 3.14. The molecule has 0 N–H and O–H groups in total. The molecule has 25 heavy (non-hydrogen) atoms. The van der Waals surface area contributed by atoms with Crippen molar-refractivity contribution in [3.8, 4) is 11.5 Å². The molecule has 2 aromatic carbocycles. The van der Waals surface area contributed by atoms with E-state index in [1.54, 1.807) is 31.4 Å².